The van der Waals surface area contributed by atoms with Crippen molar-refractivity contribution in [2.75, 3.05) is 6.61 Å². The van der Waals surface area contributed by atoms with E-state index in [1.807, 2.05) is 0 Å². The molecule has 1 aliphatic rings. The van der Waals surface area contributed by atoms with Crippen LogP contribution in [0.4, 0.5) is 4.39 Å². The number of hydrogen-bond acceptors (Lipinski definition) is 3. The van der Waals surface area contributed by atoms with Crippen molar-refractivity contribution in [3.63, 3.8) is 0 Å². The van der Waals surface area contributed by atoms with Crippen LogP contribution >= 0.6 is 0 Å². The van der Waals surface area contributed by atoms with E-state index in [0.29, 0.717) is 32.3 Å². The maximum Gasteiger partial charge on any atom is 0.304 e. The van der Waals surface area contributed by atoms with Gasteiger partial charge in [0.15, 0.2) is 0 Å². The summed E-state index contributed by atoms with van der Waals surface area (Å²) in [5.74, 6) is 0. The molecule has 1 fully saturated rings. The largest absolute Gasteiger partial charge is 0.304 e. The summed E-state index contributed by atoms with van der Waals surface area (Å²) in [4.78, 5) is 0. The normalized spacial score (nSPS) is 31.5. The first-order valence-electron chi connectivity index (χ1n) is 4.58. The standard InChI is InChI=1S/C8H15FO3S/c1-2-11-13(10)12-8-5-3-7(9)4-6-8/h7-8H,2-6H2,1H3. The molecule has 0 radical (unpaired) electrons. The smallest absolute Gasteiger partial charge is 0.269 e. The summed E-state index contributed by atoms with van der Waals surface area (Å²) < 4.78 is 33.4. The molecule has 0 aromatic heterocycles. The number of rotatable bonds is 4. The zero-order valence-corrected chi connectivity index (χ0v) is 8.52. The van der Waals surface area contributed by atoms with Gasteiger partial charge < -0.3 is 0 Å². The van der Waals surface area contributed by atoms with Crippen molar-refractivity contribution in [3.8, 4) is 0 Å². The molecule has 1 rings (SSSR count). The summed E-state index contributed by atoms with van der Waals surface area (Å²) >= 11 is -1.65. The maximum atomic E-state index is 12.7. The van der Waals surface area contributed by atoms with Gasteiger partial charge in [0.05, 0.1) is 12.7 Å². The van der Waals surface area contributed by atoms with Gasteiger partial charge in [0.2, 0.25) is 0 Å². The van der Waals surface area contributed by atoms with Crippen LogP contribution in [0.1, 0.15) is 32.6 Å². The summed E-state index contributed by atoms with van der Waals surface area (Å²) in [6.45, 7) is 2.12. The third kappa shape index (κ3) is 4.15. The Hall–Kier alpha value is -0.0000000000000000278. The molecule has 1 atom stereocenters. The Morgan fingerprint density at radius 2 is 2.00 bits per heavy atom. The van der Waals surface area contributed by atoms with Gasteiger partial charge in [-0.15, -0.1) is 0 Å². The van der Waals surface area contributed by atoms with Crippen LogP contribution in [0.2, 0.25) is 0 Å². The number of alkyl halides is 1. The lowest BCUT2D eigenvalue weighted by Crippen LogP contribution is -2.23. The van der Waals surface area contributed by atoms with Gasteiger partial charge in [-0.25, -0.2) is 4.39 Å². The average molecular weight is 210 g/mol. The molecule has 0 saturated heterocycles. The van der Waals surface area contributed by atoms with Crippen LogP contribution in [0, 0.1) is 0 Å². The van der Waals surface area contributed by atoms with Gasteiger partial charge in [0.1, 0.15) is 6.17 Å². The monoisotopic (exact) mass is 210 g/mol. The molecule has 0 aliphatic heterocycles. The lowest BCUT2D eigenvalue weighted by Gasteiger charge is -2.22. The van der Waals surface area contributed by atoms with E-state index in [1.165, 1.54) is 0 Å². The van der Waals surface area contributed by atoms with Gasteiger partial charge in [-0.3, -0.25) is 8.37 Å². The highest BCUT2D eigenvalue weighted by molar-refractivity contribution is 7.75. The highest BCUT2D eigenvalue weighted by Crippen LogP contribution is 2.23. The van der Waals surface area contributed by atoms with E-state index in [-0.39, 0.29) is 6.10 Å². The molecule has 3 nitrogen and oxygen atoms in total. The zero-order valence-electron chi connectivity index (χ0n) is 7.70. The predicted molar refractivity (Wildman–Crippen MR) is 48.0 cm³/mol. The second kappa shape index (κ2) is 5.67. The third-order valence-electron chi connectivity index (χ3n) is 2.03. The van der Waals surface area contributed by atoms with Crippen molar-refractivity contribution >= 4 is 11.4 Å². The topological polar surface area (TPSA) is 35.5 Å². The van der Waals surface area contributed by atoms with Crippen molar-refractivity contribution < 1.29 is 17.0 Å². The zero-order chi connectivity index (χ0) is 9.68. The molecule has 1 saturated carbocycles. The minimum Gasteiger partial charge on any atom is -0.269 e. The van der Waals surface area contributed by atoms with Gasteiger partial charge in [-0.2, -0.15) is 4.21 Å². The molecule has 1 aliphatic carbocycles. The predicted octanol–water partition coefficient (Wildman–Crippen LogP) is 1.90. The summed E-state index contributed by atoms with van der Waals surface area (Å²) in [5, 5.41) is 0. The second-order valence-electron chi connectivity index (χ2n) is 3.08. The van der Waals surface area contributed by atoms with Gasteiger partial charge in [0, 0.05) is 0 Å². The molecular weight excluding hydrogens is 195 g/mol. The summed E-state index contributed by atoms with van der Waals surface area (Å²) in [6.07, 6.45) is 1.49. The minimum absolute atomic E-state index is 0.0978. The first-order chi connectivity index (χ1) is 6.22. The van der Waals surface area contributed by atoms with Crippen LogP contribution in [0.25, 0.3) is 0 Å². The second-order valence-corrected chi connectivity index (χ2v) is 3.92. The van der Waals surface area contributed by atoms with Crippen molar-refractivity contribution in [1.29, 1.82) is 0 Å². The Morgan fingerprint density at radius 3 is 2.54 bits per heavy atom. The Kier molecular flexibility index (Phi) is 4.83. The molecule has 5 heteroatoms. The average Bonchev–Trinajstić information content (AvgIpc) is 2.09. The van der Waals surface area contributed by atoms with Gasteiger partial charge in [-0.1, -0.05) is 0 Å². The highest BCUT2D eigenvalue weighted by atomic mass is 32.2. The Labute approximate surface area is 80.5 Å². The summed E-state index contributed by atoms with van der Waals surface area (Å²) in [6, 6.07) is 0. The van der Waals surface area contributed by atoms with Crippen LogP contribution < -0.4 is 0 Å². The Bertz CT molecular complexity index is 169. The van der Waals surface area contributed by atoms with E-state index < -0.39 is 17.5 Å². The van der Waals surface area contributed by atoms with Crippen LogP contribution in [-0.2, 0) is 19.7 Å². The molecular formula is C8H15FO3S. The first-order valence-corrected chi connectivity index (χ1v) is 5.58. The lowest BCUT2D eigenvalue weighted by molar-refractivity contribution is 0.110. The molecule has 0 N–H and O–H groups in total. The van der Waals surface area contributed by atoms with Crippen molar-refractivity contribution in [2.45, 2.75) is 44.9 Å². The van der Waals surface area contributed by atoms with Crippen LogP contribution in [0.15, 0.2) is 0 Å². The minimum atomic E-state index is -1.65. The quantitative estimate of drug-likeness (QED) is 0.711. The molecule has 1 unspecified atom stereocenters. The Morgan fingerprint density at radius 1 is 1.38 bits per heavy atom. The third-order valence-corrected chi connectivity index (χ3v) is 2.89. The first kappa shape index (κ1) is 11.1. The van der Waals surface area contributed by atoms with Crippen molar-refractivity contribution in [1.82, 2.24) is 0 Å². The lowest BCUT2D eigenvalue weighted by atomic mass is 9.96. The van der Waals surface area contributed by atoms with E-state index in [9.17, 15) is 8.60 Å². The summed E-state index contributed by atoms with van der Waals surface area (Å²) in [5.41, 5.74) is 0. The maximum absolute atomic E-state index is 12.7. The molecule has 0 heterocycles. The molecule has 0 amide bonds. The van der Waals surface area contributed by atoms with Gasteiger partial charge >= 0.3 is 11.4 Å². The number of halogens is 1. The van der Waals surface area contributed by atoms with E-state index in [2.05, 4.69) is 0 Å². The van der Waals surface area contributed by atoms with E-state index in [1.54, 1.807) is 6.92 Å². The van der Waals surface area contributed by atoms with Crippen LogP contribution in [0.5, 0.6) is 0 Å². The molecule has 0 aromatic carbocycles. The highest BCUT2D eigenvalue weighted by Gasteiger charge is 2.23. The fourth-order valence-corrected chi connectivity index (χ4v) is 2.02. The molecule has 78 valence electrons. The molecule has 13 heavy (non-hydrogen) atoms. The van der Waals surface area contributed by atoms with Gasteiger partial charge in [-0.05, 0) is 32.6 Å². The van der Waals surface area contributed by atoms with Crippen LogP contribution in [0.3, 0.4) is 0 Å². The fourth-order valence-electron chi connectivity index (χ4n) is 1.35. The summed E-state index contributed by atoms with van der Waals surface area (Å²) in [7, 11) is 0. The number of hydrogen-bond donors (Lipinski definition) is 0. The van der Waals surface area contributed by atoms with Crippen molar-refractivity contribution in [2.24, 2.45) is 0 Å². The van der Waals surface area contributed by atoms with E-state index in [4.69, 9.17) is 8.37 Å². The molecule has 0 aromatic rings. The fraction of sp³-hybridized carbons (Fsp3) is 1.00. The molecule has 0 spiro atoms. The van der Waals surface area contributed by atoms with Crippen molar-refractivity contribution in [3.05, 3.63) is 0 Å². The SMILES string of the molecule is CCOS(=O)OC1CCC(F)CC1. The molecule has 0 bridgehead atoms. The van der Waals surface area contributed by atoms with Gasteiger partial charge in [0.25, 0.3) is 0 Å². The van der Waals surface area contributed by atoms with E-state index >= 15 is 0 Å². The Balaban J connectivity index is 2.18. The van der Waals surface area contributed by atoms with Crippen LogP contribution in [-0.4, -0.2) is 23.1 Å². The van der Waals surface area contributed by atoms with E-state index in [0.717, 1.165) is 0 Å².